The number of aromatic amines is 1. The van der Waals surface area contributed by atoms with Gasteiger partial charge in [-0.1, -0.05) is 0 Å². The third-order valence-electron chi connectivity index (χ3n) is 2.72. The third kappa shape index (κ3) is 3.46. The van der Waals surface area contributed by atoms with Crippen LogP contribution >= 0.6 is 0 Å². The van der Waals surface area contributed by atoms with Crippen LogP contribution in [-0.4, -0.2) is 46.2 Å². The lowest BCUT2D eigenvalue weighted by atomic mass is 10.1. The van der Waals surface area contributed by atoms with Crippen molar-refractivity contribution in [2.24, 2.45) is 5.92 Å². The minimum Gasteiger partial charge on any atom is -0.333 e. The van der Waals surface area contributed by atoms with Crippen molar-refractivity contribution in [3.05, 3.63) is 12.4 Å². The molecule has 1 aliphatic heterocycles. The van der Waals surface area contributed by atoms with Gasteiger partial charge in [0, 0.05) is 19.2 Å². The first-order valence-corrected chi connectivity index (χ1v) is 5.49. The molecule has 9 heteroatoms. The van der Waals surface area contributed by atoms with Crippen molar-refractivity contribution < 1.29 is 22.8 Å². The highest BCUT2D eigenvalue weighted by Crippen LogP contribution is 2.24. The van der Waals surface area contributed by atoms with Crippen LogP contribution < -0.4 is 5.32 Å². The average molecular weight is 276 g/mol. The summed E-state index contributed by atoms with van der Waals surface area (Å²) in [5, 5.41) is 8.57. The van der Waals surface area contributed by atoms with Gasteiger partial charge in [0.15, 0.2) is 0 Å². The number of nitrogens with one attached hydrogen (secondary N) is 2. The lowest BCUT2D eigenvalue weighted by Gasteiger charge is -2.18. The van der Waals surface area contributed by atoms with E-state index in [1.807, 2.05) is 0 Å². The smallest absolute Gasteiger partial charge is 0.333 e. The molecule has 2 rings (SSSR count). The molecule has 0 spiro atoms. The van der Waals surface area contributed by atoms with Crippen molar-refractivity contribution in [1.29, 1.82) is 0 Å². The molecule has 1 saturated heterocycles. The maximum absolute atomic E-state index is 12.2. The molecule has 1 aromatic rings. The van der Waals surface area contributed by atoms with E-state index in [1.54, 1.807) is 0 Å². The Hall–Kier alpha value is -2.06. The summed E-state index contributed by atoms with van der Waals surface area (Å²) in [6, 6.07) is 0. The van der Waals surface area contributed by atoms with Crippen LogP contribution in [0.25, 0.3) is 0 Å². The molecule has 1 unspecified atom stereocenters. The lowest BCUT2D eigenvalue weighted by molar-refractivity contribution is -0.157. The van der Waals surface area contributed by atoms with E-state index in [2.05, 4.69) is 15.5 Å². The van der Waals surface area contributed by atoms with E-state index in [0.29, 0.717) is 10.6 Å². The zero-order valence-corrected chi connectivity index (χ0v) is 9.70. The van der Waals surface area contributed by atoms with Gasteiger partial charge >= 0.3 is 6.18 Å². The first-order valence-electron chi connectivity index (χ1n) is 5.49. The van der Waals surface area contributed by atoms with Gasteiger partial charge in [0.1, 0.15) is 6.54 Å². The summed E-state index contributed by atoms with van der Waals surface area (Å²) in [7, 11) is 0. The molecule has 1 atom stereocenters. The molecular weight excluding hydrogens is 265 g/mol. The summed E-state index contributed by atoms with van der Waals surface area (Å²) in [6.07, 6.45) is -1.87. The molecule has 19 heavy (non-hydrogen) atoms. The van der Waals surface area contributed by atoms with E-state index >= 15 is 0 Å². The number of anilines is 1. The maximum atomic E-state index is 12.2. The molecule has 0 bridgehead atoms. The molecule has 2 amide bonds. The molecule has 2 heterocycles. The van der Waals surface area contributed by atoms with E-state index < -0.39 is 30.5 Å². The average Bonchev–Trinajstić information content (AvgIpc) is 2.88. The van der Waals surface area contributed by atoms with Crippen molar-refractivity contribution in [1.82, 2.24) is 15.1 Å². The fourth-order valence-electron chi connectivity index (χ4n) is 1.88. The second kappa shape index (κ2) is 4.90. The monoisotopic (exact) mass is 276 g/mol. The van der Waals surface area contributed by atoms with Gasteiger partial charge in [0.2, 0.25) is 11.8 Å². The minimum atomic E-state index is -4.45. The Balaban J connectivity index is 1.93. The predicted octanol–water partition coefficient (Wildman–Crippen LogP) is 0.759. The van der Waals surface area contributed by atoms with Crippen molar-refractivity contribution in [3.63, 3.8) is 0 Å². The second-order valence-electron chi connectivity index (χ2n) is 4.27. The van der Waals surface area contributed by atoms with Gasteiger partial charge in [-0.3, -0.25) is 14.7 Å². The number of rotatable bonds is 3. The van der Waals surface area contributed by atoms with E-state index in [9.17, 15) is 22.8 Å². The Morgan fingerprint density at radius 1 is 1.58 bits per heavy atom. The molecule has 0 aliphatic carbocycles. The Labute approximate surface area is 106 Å². The van der Waals surface area contributed by atoms with E-state index in [4.69, 9.17) is 0 Å². The van der Waals surface area contributed by atoms with Gasteiger partial charge < -0.3 is 10.2 Å². The predicted molar refractivity (Wildman–Crippen MR) is 58.0 cm³/mol. The number of carbonyl (C=O) groups is 2. The number of nitrogens with zero attached hydrogens (tertiary/aromatic N) is 2. The Morgan fingerprint density at radius 2 is 2.32 bits per heavy atom. The molecule has 0 saturated carbocycles. The lowest BCUT2D eigenvalue weighted by Crippen LogP contribution is -2.36. The number of hydrogen-bond acceptors (Lipinski definition) is 3. The summed E-state index contributed by atoms with van der Waals surface area (Å²) in [5.41, 5.74) is 0.409. The van der Waals surface area contributed by atoms with E-state index in [1.165, 1.54) is 12.4 Å². The summed E-state index contributed by atoms with van der Waals surface area (Å²) < 4.78 is 36.6. The molecule has 1 aliphatic rings. The van der Waals surface area contributed by atoms with Crippen LogP contribution in [0.2, 0.25) is 0 Å². The van der Waals surface area contributed by atoms with E-state index in [0.717, 1.165) is 0 Å². The van der Waals surface area contributed by atoms with Crippen LogP contribution in [-0.2, 0) is 9.59 Å². The standard InChI is InChI=1S/C10H11F3N4O2/c11-10(12,13)5-17-4-6(1-8(17)18)9(19)16-7-2-14-15-3-7/h2-3,6H,1,4-5H2,(H,14,15)(H,16,19). The molecule has 6 nitrogen and oxygen atoms in total. The molecule has 0 aromatic carbocycles. The van der Waals surface area contributed by atoms with Gasteiger partial charge in [-0.25, -0.2) is 0 Å². The van der Waals surface area contributed by atoms with Crippen molar-refractivity contribution in [3.8, 4) is 0 Å². The van der Waals surface area contributed by atoms with Crippen molar-refractivity contribution >= 4 is 17.5 Å². The number of H-pyrrole nitrogens is 1. The Bertz CT molecular complexity index is 472. The van der Waals surface area contributed by atoms with E-state index in [-0.39, 0.29) is 13.0 Å². The van der Waals surface area contributed by atoms with Crippen LogP contribution in [0.15, 0.2) is 12.4 Å². The van der Waals surface area contributed by atoms with Crippen LogP contribution in [0.4, 0.5) is 18.9 Å². The number of amides is 2. The second-order valence-corrected chi connectivity index (χ2v) is 4.27. The van der Waals surface area contributed by atoms with Gasteiger partial charge in [-0.2, -0.15) is 18.3 Å². The number of alkyl halides is 3. The molecular formula is C10H11F3N4O2. The SMILES string of the molecule is O=C(Nc1cn[nH]c1)C1CC(=O)N(CC(F)(F)F)C1. The first-order chi connectivity index (χ1) is 8.85. The van der Waals surface area contributed by atoms with Gasteiger partial charge in [-0.05, 0) is 0 Å². The topological polar surface area (TPSA) is 78.1 Å². The number of halogens is 3. The number of hydrogen-bond donors (Lipinski definition) is 2. The zero-order valence-electron chi connectivity index (χ0n) is 9.70. The molecule has 1 aromatic heterocycles. The molecule has 1 fully saturated rings. The van der Waals surface area contributed by atoms with Gasteiger partial charge in [0.25, 0.3) is 0 Å². The normalized spacial score (nSPS) is 19.8. The van der Waals surface area contributed by atoms with Crippen LogP contribution in [0.1, 0.15) is 6.42 Å². The number of likely N-dealkylation sites (tertiary alicyclic amines) is 1. The molecule has 2 N–H and O–H groups in total. The van der Waals surface area contributed by atoms with Gasteiger partial charge in [0.05, 0.1) is 17.8 Å². The largest absolute Gasteiger partial charge is 0.406 e. The van der Waals surface area contributed by atoms with Crippen molar-refractivity contribution in [2.45, 2.75) is 12.6 Å². The summed E-state index contributed by atoms with van der Waals surface area (Å²) >= 11 is 0. The zero-order chi connectivity index (χ0) is 14.0. The quantitative estimate of drug-likeness (QED) is 0.855. The number of carbonyl (C=O) groups excluding carboxylic acids is 2. The fraction of sp³-hybridized carbons (Fsp3) is 0.500. The third-order valence-corrected chi connectivity index (χ3v) is 2.72. The number of aromatic nitrogens is 2. The van der Waals surface area contributed by atoms with Crippen LogP contribution in [0.3, 0.4) is 0 Å². The van der Waals surface area contributed by atoms with Crippen LogP contribution in [0, 0.1) is 5.92 Å². The van der Waals surface area contributed by atoms with Crippen LogP contribution in [0.5, 0.6) is 0 Å². The highest BCUT2D eigenvalue weighted by molar-refractivity contribution is 5.97. The minimum absolute atomic E-state index is 0.209. The highest BCUT2D eigenvalue weighted by Gasteiger charge is 2.40. The Kier molecular flexibility index (Phi) is 3.45. The van der Waals surface area contributed by atoms with Crippen molar-refractivity contribution in [2.75, 3.05) is 18.4 Å². The maximum Gasteiger partial charge on any atom is 0.406 e. The highest BCUT2D eigenvalue weighted by atomic mass is 19.4. The fourth-order valence-corrected chi connectivity index (χ4v) is 1.88. The first kappa shape index (κ1) is 13.4. The van der Waals surface area contributed by atoms with Gasteiger partial charge in [-0.15, -0.1) is 0 Å². The summed E-state index contributed by atoms with van der Waals surface area (Å²) in [5.74, 6) is -1.92. The summed E-state index contributed by atoms with van der Waals surface area (Å²) in [4.78, 5) is 23.8. The summed E-state index contributed by atoms with van der Waals surface area (Å²) in [6.45, 7) is -1.54. The Morgan fingerprint density at radius 3 is 2.89 bits per heavy atom. The molecule has 104 valence electrons. The molecule has 0 radical (unpaired) electrons.